The van der Waals surface area contributed by atoms with E-state index in [-0.39, 0.29) is 41.2 Å². The molecule has 3 amide bonds. The molecule has 3 N–H and O–H groups in total. The van der Waals surface area contributed by atoms with Gasteiger partial charge >= 0.3 is 0 Å². The van der Waals surface area contributed by atoms with Gasteiger partial charge in [0.2, 0.25) is 11.8 Å². The maximum Gasteiger partial charge on any atom is 0.269 e. The summed E-state index contributed by atoms with van der Waals surface area (Å²) in [4.78, 5) is 38.4. The minimum Gasteiger partial charge on any atom is -0.364 e. The normalized spacial score (nSPS) is 15.5. The Hall–Kier alpha value is -3.46. The van der Waals surface area contributed by atoms with Crippen LogP contribution in [0.1, 0.15) is 22.5 Å². The summed E-state index contributed by atoms with van der Waals surface area (Å²) in [6.07, 6.45) is 0.502. The Morgan fingerprint density at radius 1 is 1.19 bits per heavy atom. The third-order valence-electron chi connectivity index (χ3n) is 5.30. The molecule has 2 heterocycles. The van der Waals surface area contributed by atoms with E-state index in [1.165, 1.54) is 21.7 Å². The third-order valence-corrected chi connectivity index (χ3v) is 5.60. The Kier molecular flexibility index (Phi) is 5.60. The zero-order chi connectivity index (χ0) is 22.1. The number of benzene rings is 2. The van der Waals surface area contributed by atoms with E-state index in [4.69, 9.17) is 17.3 Å². The molecular weight excluding hydrogens is 425 g/mol. The van der Waals surface area contributed by atoms with Crippen LogP contribution in [-0.4, -0.2) is 45.0 Å². The maximum absolute atomic E-state index is 14.0. The SMILES string of the molecule is NC(=O)c1nn(CC(=O)N2CC[C@H]2C(=O)NCc2cccc(Cl)c2F)c2ccccc12. The van der Waals surface area contributed by atoms with Gasteiger partial charge < -0.3 is 16.0 Å². The van der Waals surface area contributed by atoms with E-state index in [0.29, 0.717) is 23.9 Å². The summed E-state index contributed by atoms with van der Waals surface area (Å²) in [5.74, 6) is -1.95. The van der Waals surface area contributed by atoms with Gasteiger partial charge in [0.15, 0.2) is 5.69 Å². The second-order valence-electron chi connectivity index (χ2n) is 7.21. The number of fused-ring (bicyclic) bond motifs is 1. The van der Waals surface area contributed by atoms with E-state index in [1.54, 1.807) is 30.3 Å². The van der Waals surface area contributed by atoms with E-state index in [0.717, 1.165) is 0 Å². The molecule has 8 nitrogen and oxygen atoms in total. The molecule has 1 aromatic heterocycles. The van der Waals surface area contributed by atoms with E-state index < -0.39 is 17.8 Å². The van der Waals surface area contributed by atoms with E-state index in [9.17, 15) is 18.8 Å². The molecule has 0 radical (unpaired) electrons. The summed E-state index contributed by atoms with van der Waals surface area (Å²) in [7, 11) is 0. The van der Waals surface area contributed by atoms with Crippen molar-refractivity contribution < 1.29 is 18.8 Å². The van der Waals surface area contributed by atoms with Crippen LogP contribution in [0.25, 0.3) is 10.9 Å². The summed E-state index contributed by atoms with van der Waals surface area (Å²) in [6, 6.07) is 10.9. The highest BCUT2D eigenvalue weighted by Gasteiger charge is 2.37. The van der Waals surface area contributed by atoms with Crippen LogP contribution in [0.15, 0.2) is 42.5 Å². The summed E-state index contributed by atoms with van der Waals surface area (Å²) >= 11 is 5.76. The number of carbonyl (C=O) groups is 3. The van der Waals surface area contributed by atoms with Crippen LogP contribution in [0.4, 0.5) is 4.39 Å². The van der Waals surface area contributed by atoms with Gasteiger partial charge in [-0.1, -0.05) is 41.9 Å². The molecule has 1 fully saturated rings. The Labute approximate surface area is 181 Å². The van der Waals surface area contributed by atoms with Crippen molar-refractivity contribution in [3.8, 4) is 0 Å². The van der Waals surface area contributed by atoms with Crippen molar-refractivity contribution >= 4 is 40.2 Å². The predicted octanol–water partition coefficient (Wildman–Crippen LogP) is 1.84. The molecule has 31 heavy (non-hydrogen) atoms. The van der Waals surface area contributed by atoms with Crippen molar-refractivity contribution in [2.45, 2.75) is 25.6 Å². The number of nitrogens with one attached hydrogen (secondary N) is 1. The predicted molar refractivity (Wildman–Crippen MR) is 112 cm³/mol. The molecule has 4 rings (SSSR count). The molecule has 3 aromatic rings. The molecule has 160 valence electrons. The van der Waals surface area contributed by atoms with Gasteiger partial charge in [-0.05, 0) is 18.6 Å². The molecule has 2 aromatic carbocycles. The monoisotopic (exact) mass is 443 g/mol. The van der Waals surface area contributed by atoms with Crippen molar-refractivity contribution in [3.05, 3.63) is 64.6 Å². The van der Waals surface area contributed by atoms with Gasteiger partial charge in [0.05, 0.1) is 10.5 Å². The van der Waals surface area contributed by atoms with E-state index in [1.807, 2.05) is 0 Å². The Morgan fingerprint density at radius 2 is 1.97 bits per heavy atom. The van der Waals surface area contributed by atoms with Crippen LogP contribution in [0.5, 0.6) is 0 Å². The summed E-state index contributed by atoms with van der Waals surface area (Å²) in [5.41, 5.74) is 6.34. The number of likely N-dealkylation sites (tertiary alicyclic amines) is 1. The first-order valence-electron chi connectivity index (χ1n) is 9.62. The van der Waals surface area contributed by atoms with Crippen molar-refractivity contribution in [2.75, 3.05) is 6.54 Å². The Balaban J connectivity index is 1.43. The fourth-order valence-electron chi connectivity index (χ4n) is 3.59. The number of rotatable bonds is 6. The topological polar surface area (TPSA) is 110 Å². The number of halogens is 2. The maximum atomic E-state index is 14.0. The minimum absolute atomic E-state index is 0.0195. The van der Waals surface area contributed by atoms with Crippen LogP contribution in [0, 0.1) is 5.82 Å². The summed E-state index contributed by atoms with van der Waals surface area (Å²) in [5, 5.41) is 7.36. The smallest absolute Gasteiger partial charge is 0.269 e. The molecule has 1 aliphatic rings. The van der Waals surface area contributed by atoms with Crippen LogP contribution in [-0.2, 0) is 22.7 Å². The number of carbonyl (C=O) groups excluding carboxylic acids is 3. The van der Waals surface area contributed by atoms with Gasteiger partial charge in [-0.25, -0.2) is 4.39 Å². The zero-order valence-electron chi connectivity index (χ0n) is 16.3. The van der Waals surface area contributed by atoms with Gasteiger partial charge in [-0.2, -0.15) is 5.10 Å². The van der Waals surface area contributed by atoms with Crippen LogP contribution < -0.4 is 11.1 Å². The molecule has 1 saturated heterocycles. The number of amides is 3. The average Bonchev–Trinajstić information content (AvgIpc) is 3.07. The van der Waals surface area contributed by atoms with Crippen molar-refractivity contribution in [1.29, 1.82) is 0 Å². The first-order valence-corrected chi connectivity index (χ1v) is 10.00. The second-order valence-corrected chi connectivity index (χ2v) is 7.62. The fourth-order valence-corrected chi connectivity index (χ4v) is 3.79. The summed E-state index contributed by atoms with van der Waals surface area (Å²) in [6.45, 7) is 0.250. The lowest BCUT2D eigenvalue weighted by molar-refractivity contribution is -0.148. The highest BCUT2D eigenvalue weighted by Crippen LogP contribution is 2.22. The largest absolute Gasteiger partial charge is 0.364 e. The number of primary amides is 1. The van der Waals surface area contributed by atoms with Gasteiger partial charge in [-0.3, -0.25) is 19.1 Å². The molecule has 0 saturated carbocycles. The lowest BCUT2D eigenvalue weighted by atomic mass is 10.0. The zero-order valence-corrected chi connectivity index (χ0v) is 17.1. The van der Waals surface area contributed by atoms with Gasteiger partial charge in [-0.15, -0.1) is 0 Å². The fraction of sp³-hybridized carbons (Fsp3) is 0.238. The number of nitrogens with two attached hydrogens (primary N) is 1. The number of hydrogen-bond donors (Lipinski definition) is 2. The minimum atomic E-state index is -0.683. The second kappa shape index (κ2) is 8.35. The van der Waals surface area contributed by atoms with E-state index in [2.05, 4.69) is 10.4 Å². The molecule has 0 unspecified atom stereocenters. The molecule has 1 aliphatic heterocycles. The number of aromatic nitrogens is 2. The molecule has 0 aliphatic carbocycles. The van der Waals surface area contributed by atoms with Gasteiger partial charge in [0.25, 0.3) is 5.91 Å². The number of nitrogens with zero attached hydrogens (tertiary/aromatic N) is 3. The average molecular weight is 444 g/mol. The Morgan fingerprint density at radius 3 is 2.68 bits per heavy atom. The first kappa shape index (κ1) is 20.8. The number of para-hydroxylation sites is 1. The molecular formula is C21H19ClFN5O3. The van der Waals surface area contributed by atoms with Crippen molar-refractivity contribution in [3.63, 3.8) is 0 Å². The van der Waals surface area contributed by atoms with Crippen LogP contribution in [0.2, 0.25) is 5.02 Å². The van der Waals surface area contributed by atoms with Crippen molar-refractivity contribution in [1.82, 2.24) is 20.0 Å². The van der Waals surface area contributed by atoms with Crippen LogP contribution in [0.3, 0.4) is 0 Å². The molecule has 10 heteroatoms. The van der Waals surface area contributed by atoms with Crippen molar-refractivity contribution in [2.24, 2.45) is 5.73 Å². The quantitative estimate of drug-likeness (QED) is 0.605. The lowest BCUT2D eigenvalue weighted by Gasteiger charge is -2.39. The third kappa shape index (κ3) is 3.96. The number of hydrogen-bond acceptors (Lipinski definition) is 4. The highest BCUT2D eigenvalue weighted by molar-refractivity contribution is 6.30. The highest BCUT2D eigenvalue weighted by atomic mass is 35.5. The lowest BCUT2D eigenvalue weighted by Crippen LogP contribution is -2.58. The van der Waals surface area contributed by atoms with Gasteiger partial charge in [0, 0.05) is 24.0 Å². The van der Waals surface area contributed by atoms with Crippen LogP contribution >= 0.6 is 11.6 Å². The molecule has 1 atom stereocenters. The Bertz CT molecular complexity index is 1190. The van der Waals surface area contributed by atoms with E-state index >= 15 is 0 Å². The standard InChI is InChI=1S/C21H19ClFN5O3/c22-14-6-3-4-12(18(14)23)10-25-21(31)16-8-9-27(16)17(29)11-28-15-7-2-1-5-13(15)19(26-28)20(24)30/h1-7,16H,8-11H2,(H2,24,30)(H,25,31)/t16-/m0/s1. The first-order chi connectivity index (χ1) is 14.9. The van der Waals surface area contributed by atoms with Gasteiger partial charge in [0.1, 0.15) is 18.4 Å². The molecule has 0 bridgehead atoms. The summed E-state index contributed by atoms with van der Waals surface area (Å²) < 4.78 is 15.4. The molecule has 0 spiro atoms.